The first-order valence-electron chi connectivity index (χ1n) is 5.93. The molecule has 0 fully saturated rings. The van der Waals surface area contributed by atoms with E-state index in [0.29, 0.717) is 0 Å². The number of rotatable bonds is 5. The van der Waals surface area contributed by atoms with Gasteiger partial charge in [0, 0.05) is 0 Å². The summed E-state index contributed by atoms with van der Waals surface area (Å²) in [6.07, 6.45) is 5.91. The summed E-state index contributed by atoms with van der Waals surface area (Å²) in [6.45, 7) is 6.32. The van der Waals surface area contributed by atoms with Gasteiger partial charge in [-0.3, -0.25) is 0 Å². The smallest absolute Gasteiger partial charge is 0.211 e. The molecule has 1 rings (SSSR count). The van der Waals surface area contributed by atoms with Gasteiger partial charge in [-0.25, -0.2) is 4.79 Å². The monoisotopic (exact) mass is 217 g/mol. The molecule has 0 N–H and O–H groups in total. The molecule has 16 heavy (non-hydrogen) atoms. The van der Waals surface area contributed by atoms with E-state index in [1.165, 1.54) is 11.1 Å². The van der Waals surface area contributed by atoms with E-state index in [4.69, 9.17) is 0 Å². The lowest BCUT2D eigenvalue weighted by atomic mass is 9.98. The van der Waals surface area contributed by atoms with Crippen molar-refractivity contribution in [1.29, 1.82) is 0 Å². The van der Waals surface area contributed by atoms with Crippen molar-refractivity contribution >= 4 is 11.8 Å². The summed E-state index contributed by atoms with van der Waals surface area (Å²) in [5, 5.41) is 0. The summed E-state index contributed by atoms with van der Waals surface area (Å²) < 4.78 is 0. The summed E-state index contributed by atoms with van der Waals surface area (Å²) in [5.41, 5.74) is 4.41. The number of carbonyl (C=O) groups excluding carboxylic acids is 1. The summed E-state index contributed by atoms with van der Waals surface area (Å²) in [5.74, 6) is 0. The number of aliphatic imine (C=N–C) groups is 1. The van der Waals surface area contributed by atoms with Crippen LogP contribution in [-0.4, -0.2) is 6.08 Å². The van der Waals surface area contributed by atoms with Crippen LogP contribution >= 0.6 is 0 Å². The van der Waals surface area contributed by atoms with Crippen LogP contribution in [0.2, 0.25) is 0 Å². The van der Waals surface area contributed by atoms with Gasteiger partial charge in [-0.2, -0.15) is 4.99 Å². The molecular formula is C14H19NO. The molecule has 2 nitrogen and oxygen atoms in total. The third-order valence-corrected chi connectivity index (χ3v) is 2.65. The minimum absolute atomic E-state index is 0.816. The number of hydrogen-bond acceptors (Lipinski definition) is 2. The molecule has 0 aliphatic rings. The molecule has 0 saturated heterocycles. The Balaban J connectivity index is 3.21. The maximum atomic E-state index is 10.4. The van der Waals surface area contributed by atoms with Crippen LogP contribution in [0.25, 0.3) is 0 Å². The van der Waals surface area contributed by atoms with Crippen LogP contribution in [0.4, 0.5) is 5.69 Å². The van der Waals surface area contributed by atoms with Crippen molar-refractivity contribution < 1.29 is 4.79 Å². The molecular weight excluding hydrogens is 198 g/mol. The molecule has 0 spiro atoms. The normalized spacial score (nSPS) is 9.94. The lowest BCUT2D eigenvalue weighted by Crippen LogP contribution is -1.92. The summed E-state index contributed by atoms with van der Waals surface area (Å²) in [4.78, 5) is 14.2. The van der Waals surface area contributed by atoms with Crippen LogP contribution in [0.3, 0.4) is 0 Å². The van der Waals surface area contributed by atoms with Crippen LogP contribution < -0.4 is 0 Å². The van der Waals surface area contributed by atoms with Gasteiger partial charge in [0.15, 0.2) is 0 Å². The van der Waals surface area contributed by atoms with E-state index in [9.17, 15) is 4.79 Å². The zero-order valence-electron chi connectivity index (χ0n) is 10.3. The molecule has 0 aliphatic heterocycles. The molecule has 0 amide bonds. The number of isocyanates is 1. The third kappa shape index (κ3) is 3.04. The zero-order valence-corrected chi connectivity index (χ0v) is 10.3. The van der Waals surface area contributed by atoms with E-state index in [2.05, 4.69) is 31.0 Å². The van der Waals surface area contributed by atoms with Crippen molar-refractivity contribution in [2.24, 2.45) is 4.99 Å². The Morgan fingerprint density at radius 3 is 2.44 bits per heavy atom. The standard InChI is InChI=1S/C14H19NO/c1-4-6-12-8-11(3)14(15-10-16)13(9-12)7-5-2/h8-9H,4-7H2,1-3H3. The van der Waals surface area contributed by atoms with Crippen LogP contribution in [0.1, 0.15) is 43.4 Å². The molecule has 0 bridgehead atoms. The second-order valence-electron chi connectivity index (χ2n) is 4.12. The summed E-state index contributed by atoms with van der Waals surface area (Å²) in [6, 6.07) is 4.30. The predicted molar refractivity (Wildman–Crippen MR) is 67.0 cm³/mol. The molecule has 1 aromatic carbocycles. The van der Waals surface area contributed by atoms with Crippen molar-refractivity contribution in [2.75, 3.05) is 0 Å². The second kappa shape index (κ2) is 6.24. The Bertz CT molecular complexity index is 403. The number of benzene rings is 1. The quantitative estimate of drug-likeness (QED) is 0.544. The maximum absolute atomic E-state index is 10.4. The SMILES string of the molecule is CCCc1cc(C)c(N=C=O)c(CCC)c1. The van der Waals surface area contributed by atoms with Crippen LogP contribution in [0, 0.1) is 6.92 Å². The first kappa shape index (κ1) is 12.7. The molecule has 0 saturated carbocycles. The van der Waals surface area contributed by atoms with E-state index in [1.54, 1.807) is 6.08 Å². The van der Waals surface area contributed by atoms with E-state index < -0.39 is 0 Å². The Morgan fingerprint density at radius 1 is 1.19 bits per heavy atom. The summed E-state index contributed by atoms with van der Waals surface area (Å²) in [7, 11) is 0. The van der Waals surface area contributed by atoms with Gasteiger partial charge >= 0.3 is 0 Å². The Hall–Kier alpha value is -1.40. The molecule has 1 aromatic rings. The van der Waals surface area contributed by atoms with Gasteiger partial charge in [0.25, 0.3) is 0 Å². The van der Waals surface area contributed by atoms with Crippen molar-refractivity contribution in [3.05, 3.63) is 28.8 Å². The van der Waals surface area contributed by atoms with Crippen LogP contribution in [-0.2, 0) is 17.6 Å². The molecule has 0 unspecified atom stereocenters. The highest BCUT2D eigenvalue weighted by Crippen LogP contribution is 2.27. The molecule has 0 aliphatic carbocycles. The highest BCUT2D eigenvalue weighted by Gasteiger charge is 2.06. The van der Waals surface area contributed by atoms with E-state index in [-0.39, 0.29) is 0 Å². The first-order valence-corrected chi connectivity index (χ1v) is 5.93. The number of nitrogens with zero attached hydrogens (tertiary/aromatic N) is 1. The maximum Gasteiger partial charge on any atom is 0.240 e. The predicted octanol–water partition coefficient (Wildman–Crippen LogP) is 3.87. The molecule has 0 heterocycles. The van der Waals surface area contributed by atoms with Crippen molar-refractivity contribution in [3.63, 3.8) is 0 Å². The van der Waals surface area contributed by atoms with Gasteiger partial charge in [0.05, 0.1) is 5.69 Å². The van der Waals surface area contributed by atoms with Gasteiger partial charge in [-0.1, -0.05) is 38.8 Å². The van der Waals surface area contributed by atoms with Gasteiger partial charge in [0.1, 0.15) is 0 Å². The molecule has 0 atom stereocenters. The highest BCUT2D eigenvalue weighted by molar-refractivity contribution is 5.59. The Labute approximate surface area is 97.4 Å². The molecule has 0 aromatic heterocycles. The third-order valence-electron chi connectivity index (χ3n) is 2.65. The lowest BCUT2D eigenvalue weighted by molar-refractivity contribution is 0.565. The van der Waals surface area contributed by atoms with Crippen molar-refractivity contribution in [3.8, 4) is 0 Å². The Morgan fingerprint density at radius 2 is 1.88 bits per heavy atom. The minimum Gasteiger partial charge on any atom is -0.211 e. The van der Waals surface area contributed by atoms with E-state index >= 15 is 0 Å². The highest BCUT2D eigenvalue weighted by atomic mass is 16.1. The average Bonchev–Trinajstić information content (AvgIpc) is 2.24. The van der Waals surface area contributed by atoms with Crippen molar-refractivity contribution in [1.82, 2.24) is 0 Å². The number of aryl methyl sites for hydroxylation is 3. The Kier molecular flexibility index (Phi) is 4.94. The molecule has 0 radical (unpaired) electrons. The lowest BCUT2D eigenvalue weighted by Gasteiger charge is -2.10. The fraction of sp³-hybridized carbons (Fsp3) is 0.500. The average molecular weight is 217 g/mol. The fourth-order valence-corrected chi connectivity index (χ4v) is 2.03. The topological polar surface area (TPSA) is 29.4 Å². The second-order valence-corrected chi connectivity index (χ2v) is 4.12. The minimum atomic E-state index is 0.816. The number of hydrogen-bond donors (Lipinski definition) is 0. The van der Waals surface area contributed by atoms with E-state index in [0.717, 1.165) is 36.9 Å². The first-order chi connectivity index (χ1) is 7.72. The molecule has 2 heteroatoms. The fourth-order valence-electron chi connectivity index (χ4n) is 2.03. The van der Waals surface area contributed by atoms with Crippen molar-refractivity contribution in [2.45, 2.75) is 46.5 Å². The zero-order chi connectivity index (χ0) is 12.0. The van der Waals surface area contributed by atoms with Gasteiger partial charge < -0.3 is 0 Å². The van der Waals surface area contributed by atoms with E-state index in [1.807, 2.05) is 6.92 Å². The van der Waals surface area contributed by atoms with Gasteiger partial charge in [0.2, 0.25) is 6.08 Å². The molecule has 86 valence electrons. The van der Waals surface area contributed by atoms with Crippen LogP contribution in [0.15, 0.2) is 17.1 Å². The van der Waals surface area contributed by atoms with Gasteiger partial charge in [-0.15, -0.1) is 0 Å². The van der Waals surface area contributed by atoms with Crippen LogP contribution in [0.5, 0.6) is 0 Å². The summed E-state index contributed by atoms with van der Waals surface area (Å²) >= 11 is 0. The van der Waals surface area contributed by atoms with Gasteiger partial charge in [-0.05, 0) is 36.5 Å². The largest absolute Gasteiger partial charge is 0.240 e.